The molecule has 0 aromatic heterocycles. The maximum Gasteiger partial charge on any atom is 0.321 e. The highest BCUT2D eigenvalue weighted by atomic mass is 16.4. The maximum absolute atomic E-state index is 12.4. The molecule has 1 saturated heterocycles. The van der Waals surface area contributed by atoms with Gasteiger partial charge < -0.3 is 15.3 Å². The smallest absolute Gasteiger partial charge is 0.321 e. The number of piperidine rings is 1. The molecule has 0 aromatic carbocycles. The highest BCUT2D eigenvalue weighted by Gasteiger charge is 2.34. The van der Waals surface area contributed by atoms with Crippen LogP contribution in [0.5, 0.6) is 0 Å². The topological polar surface area (TPSA) is 72.9 Å². The van der Waals surface area contributed by atoms with Crippen LogP contribution in [0.4, 0.5) is 0 Å². The summed E-state index contributed by atoms with van der Waals surface area (Å²) < 4.78 is 0. The van der Waals surface area contributed by atoms with Gasteiger partial charge >= 0.3 is 5.97 Å². The quantitative estimate of drug-likeness (QED) is 0.172. The van der Waals surface area contributed by atoms with Crippen molar-refractivity contribution in [2.45, 2.75) is 72.3 Å². The van der Waals surface area contributed by atoms with Crippen LogP contribution in [0.25, 0.3) is 0 Å². The molecule has 0 spiro atoms. The second-order valence-electron chi connectivity index (χ2n) is 10.3. The summed E-state index contributed by atoms with van der Waals surface area (Å²) in [5, 5.41) is 12.7. The Morgan fingerprint density at radius 1 is 1.24 bits per heavy atom. The van der Waals surface area contributed by atoms with Crippen molar-refractivity contribution in [3.05, 3.63) is 72.5 Å². The summed E-state index contributed by atoms with van der Waals surface area (Å²) in [6.45, 7) is 18.7. The van der Waals surface area contributed by atoms with Gasteiger partial charge in [-0.05, 0) is 94.3 Å². The number of carboxylic acid groups (broad SMARTS) is 1. The first-order valence-corrected chi connectivity index (χ1v) is 14.1. The van der Waals surface area contributed by atoms with E-state index in [9.17, 15) is 14.7 Å². The number of aliphatic carboxylic acids is 1. The van der Waals surface area contributed by atoms with E-state index in [0.717, 1.165) is 44.2 Å². The minimum absolute atomic E-state index is 0.0201. The second kappa shape index (κ2) is 18.4. The molecule has 0 saturated carbocycles. The molecule has 1 aliphatic heterocycles. The molecule has 2 atom stereocenters. The van der Waals surface area contributed by atoms with Crippen LogP contribution >= 0.6 is 0 Å². The third kappa shape index (κ3) is 11.7. The number of amides is 1. The van der Waals surface area contributed by atoms with Gasteiger partial charge in [-0.25, -0.2) is 0 Å². The fraction of sp³-hybridized carbons (Fsp3) is 0.562. The van der Waals surface area contributed by atoms with Crippen molar-refractivity contribution >= 4 is 11.9 Å². The van der Waals surface area contributed by atoms with E-state index < -0.39 is 12.0 Å². The number of nitrogens with one attached hydrogen (secondary N) is 1. The minimum Gasteiger partial charge on any atom is -0.480 e. The van der Waals surface area contributed by atoms with Gasteiger partial charge in [0.05, 0.1) is 0 Å². The van der Waals surface area contributed by atoms with Gasteiger partial charge in [-0.1, -0.05) is 50.6 Å². The van der Waals surface area contributed by atoms with Crippen molar-refractivity contribution in [3.8, 4) is 0 Å². The van der Waals surface area contributed by atoms with Gasteiger partial charge in [-0.3, -0.25) is 14.5 Å². The van der Waals surface area contributed by atoms with E-state index in [0.29, 0.717) is 25.6 Å². The van der Waals surface area contributed by atoms with Crippen LogP contribution in [0.2, 0.25) is 0 Å². The Bertz CT molecular complexity index is 892. The normalized spacial score (nSPS) is 18.2. The molecule has 1 aliphatic carbocycles. The lowest BCUT2D eigenvalue weighted by Crippen LogP contribution is -2.49. The number of carbonyl (C=O) groups excluding carboxylic acids is 1. The lowest BCUT2D eigenvalue weighted by molar-refractivity contribution is -0.145. The van der Waals surface area contributed by atoms with Crippen LogP contribution in [0.1, 0.15) is 66.2 Å². The average Bonchev–Trinajstić information content (AvgIpc) is 2.91. The largest absolute Gasteiger partial charge is 0.480 e. The van der Waals surface area contributed by atoms with Crippen molar-refractivity contribution < 1.29 is 14.7 Å². The number of carbonyl (C=O) groups is 2. The average molecular weight is 526 g/mol. The molecule has 0 bridgehead atoms. The summed E-state index contributed by atoms with van der Waals surface area (Å²) in [7, 11) is 1.85. The van der Waals surface area contributed by atoms with Crippen molar-refractivity contribution in [3.63, 3.8) is 0 Å². The van der Waals surface area contributed by atoms with E-state index in [1.54, 1.807) is 6.08 Å². The first kappa shape index (κ1) is 33.2. The number of hydrogen-bond donors (Lipinski definition) is 2. The van der Waals surface area contributed by atoms with Crippen molar-refractivity contribution in [1.82, 2.24) is 15.1 Å². The predicted octanol–water partition coefficient (Wildman–Crippen LogP) is 6.12. The third-order valence-corrected chi connectivity index (χ3v) is 7.45. The lowest BCUT2D eigenvalue weighted by atomic mass is 9.88. The number of rotatable bonds is 13. The molecule has 1 fully saturated rings. The van der Waals surface area contributed by atoms with Crippen LogP contribution in [0.3, 0.4) is 0 Å². The summed E-state index contributed by atoms with van der Waals surface area (Å²) in [5.74, 6) is -0.00968. The molecule has 6 heteroatoms. The van der Waals surface area contributed by atoms with Gasteiger partial charge in [0, 0.05) is 25.7 Å². The Hall–Kier alpha value is -2.86. The fourth-order valence-corrected chi connectivity index (χ4v) is 4.76. The summed E-state index contributed by atoms with van der Waals surface area (Å²) >= 11 is 0. The zero-order chi connectivity index (χ0) is 28.5. The Morgan fingerprint density at radius 3 is 2.45 bits per heavy atom. The molecular weight excluding hydrogens is 474 g/mol. The number of likely N-dealkylation sites (tertiary alicyclic amines) is 1. The molecule has 1 amide bonds. The van der Waals surface area contributed by atoms with Gasteiger partial charge in [0.1, 0.15) is 6.04 Å². The zero-order valence-electron chi connectivity index (χ0n) is 24.4. The van der Waals surface area contributed by atoms with E-state index in [2.05, 4.69) is 57.6 Å². The number of likely N-dealkylation sites (N-methyl/N-ethyl adjacent to an activating group) is 1. The van der Waals surface area contributed by atoms with Crippen molar-refractivity contribution in [2.24, 2.45) is 11.8 Å². The molecule has 0 radical (unpaired) electrons. The molecule has 0 aromatic rings. The molecule has 2 aliphatic rings. The Labute approximate surface area is 231 Å². The molecular formula is C32H51N3O3. The predicted molar refractivity (Wildman–Crippen MR) is 160 cm³/mol. The number of allylic oxidation sites excluding steroid dienone is 7. The molecule has 38 heavy (non-hydrogen) atoms. The monoisotopic (exact) mass is 525 g/mol. The van der Waals surface area contributed by atoms with Crippen molar-refractivity contribution in [1.29, 1.82) is 0 Å². The highest BCUT2D eigenvalue weighted by molar-refractivity contribution is 5.88. The Balaban J connectivity index is 0.000000471. The van der Waals surface area contributed by atoms with Gasteiger partial charge in [0.15, 0.2) is 0 Å². The SMILES string of the molecule is C=CCN/C=C(\CC=C)C(C)CC.CCN(C)C(C(=O)O)C1CCN(C(=O)/C=C/C2=CCCC(C)=C2)CC1. The number of hydrogen-bond acceptors (Lipinski definition) is 4. The summed E-state index contributed by atoms with van der Waals surface area (Å²) in [6, 6.07) is -0.460. The molecule has 2 unspecified atom stereocenters. The zero-order valence-corrected chi connectivity index (χ0v) is 24.4. The van der Waals surface area contributed by atoms with Crippen LogP contribution in [-0.2, 0) is 9.59 Å². The first-order valence-electron chi connectivity index (χ1n) is 14.1. The minimum atomic E-state index is -0.764. The van der Waals surface area contributed by atoms with E-state index >= 15 is 0 Å². The van der Waals surface area contributed by atoms with E-state index in [-0.39, 0.29) is 11.8 Å². The van der Waals surface area contributed by atoms with Crippen LogP contribution < -0.4 is 5.32 Å². The molecule has 2 N–H and O–H groups in total. The number of nitrogens with zero attached hydrogens (tertiary/aromatic N) is 2. The fourth-order valence-electron chi connectivity index (χ4n) is 4.76. The van der Waals surface area contributed by atoms with E-state index in [1.807, 2.05) is 42.0 Å². The standard InChI is InChI=1S/C20H30N2O3.C12H21N/c1-4-21(3)19(20(24)25)17-10-12-22(13-11-17)18(23)9-8-16-7-5-6-15(2)14-16;1-5-8-12(11(4)7-3)10-13-9-6-2/h7-9,14,17,19H,4-6,10-13H2,1-3H3,(H,24,25);5-6,10-11,13H,1-2,7-9H2,3-4H3/b9-8+;12-10+. The lowest BCUT2D eigenvalue weighted by Gasteiger charge is -2.37. The van der Waals surface area contributed by atoms with Gasteiger partial charge in [0.2, 0.25) is 5.91 Å². The molecule has 212 valence electrons. The second-order valence-corrected chi connectivity index (χ2v) is 10.3. The highest BCUT2D eigenvalue weighted by Crippen LogP contribution is 2.24. The Morgan fingerprint density at radius 2 is 1.92 bits per heavy atom. The Kier molecular flexibility index (Phi) is 16.1. The molecule has 1 heterocycles. The van der Waals surface area contributed by atoms with Crippen LogP contribution in [-0.4, -0.2) is 66.1 Å². The van der Waals surface area contributed by atoms with Gasteiger partial charge in [-0.15, -0.1) is 13.2 Å². The summed E-state index contributed by atoms with van der Waals surface area (Å²) in [5.41, 5.74) is 3.86. The first-order chi connectivity index (χ1) is 18.2. The summed E-state index contributed by atoms with van der Waals surface area (Å²) in [4.78, 5) is 27.7. The van der Waals surface area contributed by atoms with E-state index in [4.69, 9.17) is 0 Å². The van der Waals surface area contributed by atoms with Gasteiger partial charge in [-0.2, -0.15) is 0 Å². The van der Waals surface area contributed by atoms with Gasteiger partial charge in [0.25, 0.3) is 0 Å². The molecule has 2 rings (SSSR count). The van der Waals surface area contributed by atoms with Crippen LogP contribution in [0, 0.1) is 11.8 Å². The van der Waals surface area contributed by atoms with E-state index in [1.165, 1.54) is 17.6 Å². The summed E-state index contributed by atoms with van der Waals surface area (Å²) in [6.07, 6.45) is 19.5. The maximum atomic E-state index is 12.4. The number of carboxylic acids is 1. The molecule has 6 nitrogen and oxygen atoms in total. The van der Waals surface area contributed by atoms with Crippen LogP contribution in [0.15, 0.2) is 72.5 Å². The van der Waals surface area contributed by atoms with Crippen molar-refractivity contribution in [2.75, 3.05) is 33.2 Å². The third-order valence-electron chi connectivity index (χ3n) is 7.45.